The molecule has 1 amide bonds. The molecule has 0 saturated heterocycles. The van der Waals surface area contributed by atoms with E-state index in [1.54, 1.807) is 12.1 Å². The lowest BCUT2D eigenvalue weighted by molar-refractivity contribution is -0.121. The number of benzene rings is 2. The van der Waals surface area contributed by atoms with E-state index in [-0.39, 0.29) is 17.5 Å². The Kier molecular flexibility index (Phi) is 6.37. The van der Waals surface area contributed by atoms with E-state index in [1.807, 2.05) is 54.8 Å². The van der Waals surface area contributed by atoms with E-state index in [1.165, 1.54) is 33.1 Å². The number of aromatic nitrogens is 3. The quantitative estimate of drug-likeness (QED) is 0.392. The number of rotatable bonds is 7. The third kappa shape index (κ3) is 4.57. The summed E-state index contributed by atoms with van der Waals surface area (Å²) in [5, 5.41) is 6.13. The number of halogens is 1. The molecule has 0 radical (unpaired) electrons. The molecule has 162 valence electrons. The van der Waals surface area contributed by atoms with Crippen LogP contribution in [0, 0.1) is 5.82 Å². The minimum absolute atomic E-state index is 0.187. The Morgan fingerprint density at radius 2 is 1.81 bits per heavy atom. The van der Waals surface area contributed by atoms with Gasteiger partial charge in [-0.15, -0.1) is 16.4 Å². The van der Waals surface area contributed by atoms with Crippen molar-refractivity contribution in [2.24, 2.45) is 0 Å². The van der Waals surface area contributed by atoms with Crippen molar-refractivity contribution >= 4 is 28.9 Å². The number of para-hydroxylation sites is 1. The molecule has 0 aliphatic carbocycles. The van der Waals surface area contributed by atoms with Crippen LogP contribution in [0.15, 0.2) is 72.1 Å². The van der Waals surface area contributed by atoms with Gasteiger partial charge in [-0.3, -0.25) is 4.79 Å². The van der Waals surface area contributed by atoms with Gasteiger partial charge in [-0.2, -0.15) is 4.98 Å². The number of nitrogens with zero attached hydrogens (tertiary/aromatic N) is 4. The van der Waals surface area contributed by atoms with Gasteiger partial charge in [-0.1, -0.05) is 24.3 Å². The van der Waals surface area contributed by atoms with E-state index in [4.69, 9.17) is 4.74 Å². The first-order valence-electron chi connectivity index (χ1n) is 9.86. The highest BCUT2D eigenvalue weighted by Gasteiger charge is 2.22. The van der Waals surface area contributed by atoms with Crippen LogP contribution in [0.5, 0.6) is 0 Å². The van der Waals surface area contributed by atoms with Gasteiger partial charge in [0.2, 0.25) is 0 Å². The molecule has 0 saturated carbocycles. The average molecular weight is 450 g/mol. The molecular formula is C23H19FN4O3S. The molecule has 0 bridgehead atoms. The summed E-state index contributed by atoms with van der Waals surface area (Å²) in [7, 11) is 0. The van der Waals surface area contributed by atoms with Crippen LogP contribution in [0.2, 0.25) is 0 Å². The van der Waals surface area contributed by atoms with E-state index >= 15 is 0 Å². The Morgan fingerprint density at radius 1 is 1.06 bits per heavy atom. The van der Waals surface area contributed by atoms with Crippen molar-refractivity contribution in [2.75, 3.05) is 18.1 Å². The van der Waals surface area contributed by atoms with E-state index in [9.17, 15) is 14.0 Å². The summed E-state index contributed by atoms with van der Waals surface area (Å²) < 4.78 is 20.0. The highest BCUT2D eigenvalue weighted by Crippen LogP contribution is 2.26. The van der Waals surface area contributed by atoms with Gasteiger partial charge in [0, 0.05) is 12.2 Å². The minimum atomic E-state index is -0.818. The van der Waals surface area contributed by atoms with Crippen molar-refractivity contribution in [2.45, 2.75) is 6.92 Å². The summed E-state index contributed by atoms with van der Waals surface area (Å²) in [6, 6.07) is 18.5. The van der Waals surface area contributed by atoms with Crippen molar-refractivity contribution < 1.29 is 18.7 Å². The Balaban J connectivity index is 1.54. The number of esters is 1. The maximum Gasteiger partial charge on any atom is 0.378 e. The highest BCUT2D eigenvalue weighted by atomic mass is 32.1. The molecule has 7 nitrogen and oxygen atoms in total. The first-order valence-corrected chi connectivity index (χ1v) is 10.7. The third-order valence-electron chi connectivity index (χ3n) is 4.61. The molecule has 4 rings (SSSR count). The molecule has 0 aliphatic heterocycles. The Bertz CT molecular complexity index is 1210. The third-order valence-corrected chi connectivity index (χ3v) is 5.48. The fourth-order valence-corrected chi connectivity index (χ4v) is 3.81. The van der Waals surface area contributed by atoms with E-state index < -0.39 is 12.6 Å². The normalized spacial score (nSPS) is 10.7. The van der Waals surface area contributed by atoms with Crippen LogP contribution < -0.4 is 4.90 Å². The summed E-state index contributed by atoms with van der Waals surface area (Å²) in [6.45, 7) is 1.83. The molecule has 0 atom stereocenters. The second-order valence-electron chi connectivity index (χ2n) is 6.67. The lowest BCUT2D eigenvalue weighted by Crippen LogP contribution is -2.34. The van der Waals surface area contributed by atoms with Crippen LogP contribution in [0.4, 0.5) is 10.1 Å². The molecule has 2 aromatic carbocycles. The Hall–Kier alpha value is -3.85. The topological polar surface area (TPSA) is 77.3 Å². The number of anilines is 1. The first-order chi connectivity index (χ1) is 15.6. The van der Waals surface area contributed by atoms with E-state index in [2.05, 4.69) is 10.1 Å². The van der Waals surface area contributed by atoms with Gasteiger partial charge in [-0.05, 0) is 54.8 Å². The number of amides is 1. The summed E-state index contributed by atoms with van der Waals surface area (Å²) in [5.41, 5.74) is 1.26. The van der Waals surface area contributed by atoms with Crippen LogP contribution in [0.1, 0.15) is 17.5 Å². The Morgan fingerprint density at radius 3 is 2.47 bits per heavy atom. The SMILES string of the molecule is CCN(C(=O)COC(=O)c1nc(-c2cccs2)n(-c2ccc(F)cc2)n1)c1ccccc1. The van der Waals surface area contributed by atoms with Crippen molar-refractivity contribution in [1.82, 2.24) is 14.8 Å². The van der Waals surface area contributed by atoms with Crippen LogP contribution in [-0.2, 0) is 9.53 Å². The van der Waals surface area contributed by atoms with Gasteiger partial charge in [0.05, 0.1) is 10.6 Å². The van der Waals surface area contributed by atoms with Crippen molar-refractivity contribution in [3.05, 3.63) is 83.8 Å². The number of ether oxygens (including phenoxy) is 1. The van der Waals surface area contributed by atoms with E-state index in [0.717, 1.165) is 10.6 Å². The lowest BCUT2D eigenvalue weighted by atomic mass is 10.3. The highest BCUT2D eigenvalue weighted by molar-refractivity contribution is 7.13. The molecule has 32 heavy (non-hydrogen) atoms. The monoisotopic (exact) mass is 450 g/mol. The minimum Gasteiger partial charge on any atom is -0.450 e. The smallest absolute Gasteiger partial charge is 0.378 e. The number of carbonyl (C=O) groups excluding carboxylic acids is 2. The zero-order valence-electron chi connectivity index (χ0n) is 17.1. The molecule has 0 aliphatic rings. The fraction of sp³-hybridized carbons (Fsp3) is 0.130. The van der Waals surface area contributed by atoms with Crippen LogP contribution in [0.3, 0.4) is 0 Å². The van der Waals surface area contributed by atoms with Crippen LogP contribution in [0.25, 0.3) is 16.4 Å². The number of hydrogen-bond donors (Lipinski definition) is 0. The molecule has 2 heterocycles. The van der Waals surface area contributed by atoms with Crippen molar-refractivity contribution in [1.29, 1.82) is 0 Å². The maximum atomic E-state index is 13.3. The van der Waals surface area contributed by atoms with Gasteiger partial charge in [0.1, 0.15) is 5.82 Å². The summed E-state index contributed by atoms with van der Waals surface area (Å²) in [6.07, 6.45) is 0. The number of likely N-dealkylation sites (N-methyl/N-ethyl adjacent to an activating group) is 1. The van der Waals surface area contributed by atoms with Gasteiger partial charge in [0.25, 0.3) is 11.7 Å². The predicted molar refractivity (Wildman–Crippen MR) is 119 cm³/mol. The molecule has 2 aromatic heterocycles. The molecule has 0 fully saturated rings. The zero-order valence-corrected chi connectivity index (χ0v) is 18.0. The van der Waals surface area contributed by atoms with Gasteiger partial charge < -0.3 is 9.64 Å². The molecular weight excluding hydrogens is 431 g/mol. The standard InChI is InChI=1S/C23H19FN4O3S/c1-2-27(17-7-4-3-5-8-17)20(29)15-31-23(30)21-25-22(19-9-6-14-32-19)28(26-21)18-12-10-16(24)11-13-18/h3-14H,2,15H2,1H3. The average Bonchev–Trinajstić information content (AvgIpc) is 3.49. The summed E-state index contributed by atoms with van der Waals surface area (Å²) in [5.74, 6) is -1.33. The molecule has 0 N–H and O–H groups in total. The van der Waals surface area contributed by atoms with Gasteiger partial charge in [0.15, 0.2) is 12.4 Å². The van der Waals surface area contributed by atoms with Crippen molar-refractivity contribution in [3.63, 3.8) is 0 Å². The number of thiophene rings is 1. The first kappa shape index (κ1) is 21.4. The van der Waals surface area contributed by atoms with Crippen LogP contribution in [-0.4, -0.2) is 39.8 Å². The lowest BCUT2D eigenvalue weighted by Gasteiger charge is -2.20. The number of hydrogen-bond acceptors (Lipinski definition) is 6. The molecule has 9 heteroatoms. The second kappa shape index (κ2) is 9.52. The van der Waals surface area contributed by atoms with E-state index in [0.29, 0.717) is 18.1 Å². The molecule has 0 spiro atoms. The molecule has 4 aromatic rings. The number of carbonyl (C=O) groups is 2. The van der Waals surface area contributed by atoms with Crippen molar-refractivity contribution in [3.8, 4) is 16.4 Å². The Labute approximate surface area is 187 Å². The maximum absolute atomic E-state index is 13.3. The molecule has 0 unspecified atom stereocenters. The largest absolute Gasteiger partial charge is 0.450 e. The van der Waals surface area contributed by atoms with Gasteiger partial charge >= 0.3 is 5.97 Å². The van der Waals surface area contributed by atoms with Crippen LogP contribution >= 0.6 is 11.3 Å². The summed E-state index contributed by atoms with van der Waals surface area (Å²) in [4.78, 5) is 31.8. The van der Waals surface area contributed by atoms with Gasteiger partial charge in [-0.25, -0.2) is 13.9 Å². The second-order valence-corrected chi connectivity index (χ2v) is 7.62. The zero-order chi connectivity index (χ0) is 22.5. The predicted octanol–water partition coefficient (Wildman–Crippen LogP) is 4.34. The summed E-state index contributed by atoms with van der Waals surface area (Å²) >= 11 is 1.43. The fourth-order valence-electron chi connectivity index (χ4n) is 3.11.